The highest BCUT2D eigenvalue weighted by atomic mass is 32.2. The fourth-order valence-corrected chi connectivity index (χ4v) is 2.36. The van der Waals surface area contributed by atoms with E-state index in [-0.39, 0.29) is 0 Å². The number of ether oxygens (including phenoxy) is 1. The molecule has 0 unspecified atom stereocenters. The van der Waals surface area contributed by atoms with Gasteiger partial charge in [-0.25, -0.2) is 9.18 Å². The lowest BCUT2D eigenvalue weighted by molar-refractivity contribution is -0.154. The van der Waals surface area contributed by atoms with Crippen molar-refractivity contribution in [2.24, 2.45) is 0 Å². The quantitative estimate of drug-likeness (QED) is 0.823. The monoisotopic (exact) mass is 258 g/mol. The third kappa shape index (κ3) is 2.98. The third-order valence-electron chi connectivity index (χ3n) is 2.29. The topological polar surface area (TPSA) is 46.5 Å². The number of thioether (sulfide) groups is 1. The SMILES string of the molecule is CCS[C@](F)(C(=O)OC)[C@@H](O)c1ccccc1. The summed E-state index contributed by atoms with van der Waals surface area (Å²) in [6.45, 7) is 1.71. The van der Waals surface area contributed by atoms with Crippen LogP contribution in [-0.4, -0.2) is 28.9 Å². The van der Waals surface area contributed by atoms with Gasteiger partial charge >= 0.3 is 5.97 Å². The molecule has 0 fully saturated rings. The Labute approximate surface area is 104 Å². The standard InChI is InChI=1S/C12H15FO3S/c1-3-17-12(13,11(15)16-2)10(14)9-7-5-4-6-8-9/h4-8,10,14H,3H2,1-2H3/t10-,12-/m0/s1. The molecule has 0 bridgehead atoms. The first kappa shape index (κ1) is 14.0. The van der Waals surface area contributed by atoms with Crippen LogP contribution < -0.4 is 0 Å². The van der Waals surface area contributed by atoms with E-state index >= 15 is 0 Å². The number of carbonyl (C=O) groups excluding carboxylic acids is 1. The first-order chi connectivity index (χ1) is 8.06. The van der Waals surface area contributed by atoms with Crippen molar-refractivity contribution in [3.63, 3.8) is 0 Å². The first-order valence-corrected chi connectivity index (χ1v) is 6.19. The van der Waals surface area contributed by atoms with Gasteiger partial charge in [-0.2, -0.15) is 0 Å². The molecule has 3 nitrogen and oxygen atoms in total. The highest BCUT2D eigenvalue weighted by Crippen LogP contribution is 2.40. The van der Waals surface area contributed by atoms with E-state index in [0.29, 0.717) is 11.3 Å². The summed E-state index contributed by atoms with van der Waals surface area (Å²) >= 11 is 0.723. The zero-order valence-electron chi connectivity index (χ0n) is 9.72. The predicted molar refractivity (Wildman–Crippen MR) is 65.4 cm³/mol. The molecule has 1 rings (SSSR count). The molecule has 0 heterocycles. The minimum absolute atomic E-state index is 0.348. The Bertz CT molecular complexity index is 371. The van der Waals surface area contributed by atoms with Crippen molar-refractivity contribution in [2.75, 3.05) is 12.9 Å². The van der Waals surface area contributed by atoms with Crippen LogP contribution in [0.15, 0.2) is 30.3 Å². The maximum Gasteiger partial charge on any atom is 0.357 e. The minimum atomic E-state index is -2.47. The van der Waals surface area contributed by atoms with Crippen LogP contribution >= 0.6 is 11.8 Å². The summed E-state index contributed by atoms with van der Waals surface area (Å²) in [7, 11) is 1.10. The Balaban J connectivity index is 3.03. The Morgan fingerprint density at radius 2 is 2.12 bits per heavy atom. The summed E-state index contributed by atoms with van der Waals surface area (Å²) in [5, 5.41) is 7.51. The van der Waals surface area contributed by atoms with Gasteiger partial charge in [0.1, 0.15) is 6.10 Å². The van der Waals surface area contributed by atoms with Crippen molar-refractivity contribution in [2.45, 2.75) is 18.0 Å². The van der Waals surface area contributed by atoms with Gasteiger partial charge in [-0.1, -0.05) is 37.3 Å². The normalized spacial score (nSPS) is 16.0. The number of hydrogen-bond donors (Lipinski definition) is 1. The number of halogens is 1. The van der Waals surface area contributed by atoms with Gasteiger partial charge in [0, 0.05) is 0 Å². The van der Waals surface area contributed by atoms with Gasteiger partial charge < -0.3 is 9.84 Å². The van der Waals surface area contributed by atoms with Crippen molar-refractivity contribution in [1.82, 2.24) is 0 Å². The molecule has 0 aliphatic carbocycles. The van der Waals surface area contributed by atoms with E-state index in [1.165, 1.54) is 0 Å². The number of esters is 1. The molecule has 17 heavy (non-hydrogen) atoms. The fourth-order valence-electron chi connectivity index (χ4n) is 1.45. The lowest BCUT2D eigenvalue weighted by Gasteiger charge is -2.26. The molecule has 2 atom stereocenters. The molecule has 0 spiro atoms. The Morgan fingerprint density at radius 1 is 1.53 bits per heavy atom. The summed E-state index contributed by atoms with van der Waals surface area (Å²) in [6.07, 6.45) is -1.54. The van der Waals surface area contributed by atoms with E-state index in [1.54, 1.807) is 37.3 Å². The van der Waals surface area contributed by atoms with Crippen LogP contribution in [0.4, 0.5) is 4.39 Å². The second-order valence-corrected chi connectivity index (χ2v) is 4.84. The smallest absolute Gasteiger partial charge is 0.357 e. The zero-order chi connectivity index (χ0) is 12.9. The highest BCUT2D eigenvalue weighted by Gasteiger charge is 2.48. The molecule has 0 aliphatic heterocycles. The van der Waals surface area contributed by atoms with E-state index in [1.807, 2.05) is 0 Å². The lowest BCUT2D eigenvalue weighted by atomic mass is 10.1. The number of hydrogen-bond acceptors (Lipinski definition) is 4. The molecule has 0 aliphatic rings. The molecule has 5 heteroatoms. The van der Waals surface area contributed by atoms with E-state index in [4.69, 9.17) is 0 Å². The van der Waals surface area contributed by atoms with Crippen LogP contribution in [0.1, 0.15) is 18.6 Å². The lowest BCUT2D eigenvalue weighted by Crippen LogP contribution is -2.38. The Kier molecular flexibility index (Phi) is 4.96. The molecule has 0 saturated carbocycles. The predicted octanol–water partition coefficient (Wildman–Crippen LogP) is 2.31. The summed E-state index contributed by atoms with van der Waals surface area (Å²) < 4.78 is 18.9. The van der Waals surface area contributed by atoms with Crippen LogP contribution in [0.3, 0.4) is 0 Å². The van der Waals surface area contributed by atoms with Gasteiger partial charge in [0.15, 0.2) is 0 Å². The minimum Gasteiger partial charge on any atom is -0.466 e. The number of aliphatic hydroxyl groups excluding tert-OH is 1. The Hall–Kier alpha value is -1.07. The number of carbonyl (C=O) groups is 1. The number of benzene rings is 1. The van der Waals surface area contributed by atoms with E-state index in [0.717, 1.165) is 18.9 Å². The van der Waals surface area contributed by atoms with Gasteiger partial charge in [0.2, 0.25) is 0 Å². The highest BCUT2D eigenvalue weighted by molar-refractivity contribution is 8.01. The first-order valence-electron chi connectivity index (χ1n) is 5.20. The summed E-state index contributed by atoms with van der Waals surface area (Å²) in [5.41, 5.74) is 0.348. The number of methoxy groups -OCH3 is 1. The second-order valence-electron chi connectivity index (χ2n) is 3.38. The average Bonchev–Trinajstić information content (AvgIpc) is 2.38. The van der Waals surface area contributed by atoms with Crippen LogP contribution in [0, 0.1) is 0 Å². The molecule has 1 N–H and O–H groups in total. The molecule has 0 aromatic heterocycles. The van der Waals surface area contributed by atoms with Gasteiger partial charge in [-0.15, -0.1) is 11.8 Å². The van der Waals surface area contributed by atoms with Crippen molar-refractivity contribution in [1.29, 1.82) is 0 Å². The van der Waals surface area contributed by atoms with Crippen molar-refractivity contribution < 1.29 is 19.0 Å². The van der Waals surface area contributed by atoms with Crippen LogP contribution in [0.2, 0.25) is 0 Å². The largest absolute Gasteiger partial charge is 0.466 e. The van der Waals surface area contributed by atoms with Crippen molar-refractivity contribution >= 4 is 17.7 Å². The summed E-state index contributed by atoms with van der Waals surface area (Å²) in [5.74, 6) is -0.712. The molecule has 1 aromatic carbocycles. The van der Waals surface area contributed by atoms with Gasteiger partial charge in [-0.05, 0) is 11.3 Å². The number of aliphatic hydroxyl groups is 1. The van der Waals surface area contributed by atoms with Gasteiger partial charge in [0.05, 0.1) is 7.11 Å². The van der Waals surface area contributed by atoms with Crippen molar-refractivity contribution in [3.05, 3.63) is 35.9 Å². The van der Waals surface area contributed by atoms with E-state index < -0.39 is 17.1 Å². The molecule has 94 valence electrons. The molecular formula is C12H15FO3S. The maximum atomic E-state index is 14.5. The van der Waals surface area contributed by atoms with E-state index in [9.17, 15) is 14.3 Å². The number of rotatable bonds is 5. The van der Waals surface area contributed by atoms with Crippen molar-refractivity contribution in [3.8, 4) is 0 Å². The average molecular weight is 258 g/mol. The van der Waals surface area contributed by atoms with Crippen LogP contribution in [0.5, 0.6) is 0 Å². The third-order valence-corrected chi connectivity index (χ3v) is 3.38. The summed E-state index contributed by atoms with van der Waals surface area (Å²) in [6, 6.07) is 8.23. The van der Waals surface area contributed by atoms with Crippen LogP contribution in [0.25, 0.3) is 0 Å². The second kappa shape index (κ2) is 6.02. The molecule has 1 aromatic rings. The summed E-state index contributed by atoms with van der Waals surface area (Å²) in [4.78, 5) is 11.5. The van der Waals surface area contributed by atoms with E-state index in [2.05, 4.69) is 4.74 Å². The van der Waals surface area contributed by atoms with Crippen LogP contribution in [-0.2, 0) is 9.53 Å². The Morgan fingerprint density at radius 3 is 2.59 bits per heavy atom. The fraction of sp³-hybridized carbons (Fsp3) is 0.417. The molecule has 0 radical (unpaired) electrons. The molecule has 0 amide bonds. The molecule has 0 saturated heterocycles. The maximum absolute atomic E-state index is 14.5. The zero-order valence-corrected chi connectivity index (χ0v) is 10.5. The van der Waals surface area contributed by atoms with Gasteiger partial charge in [-0.3, -0.25) is 0 Å². The van der Waals surface area contributed by atoms with Gasteiger partial charge in [0.25, 0.3) is 5.00 Å². The number of alkyl halides is 1. The molecular weight excluding hydrogens is 243 g/mol.